The van der Waals surface area contributed by atoms with Crippen molar-refractivity contribution in [3.63, 3.8) is 0 Å². The summed E-state index contributed by atoms with van der Waals surface area (Å²) in [6.45, 7) is 2.38. The normalized spacial score (nSPS) is 10.6. The molecule has 4 nitrogen and oxygen atoms in total. The summed E-state index contributed by atoms with van der Waals surface area (Å²) < 4.78 is 5.00. The number of anilines is 1. The molecule has 6 heteroatoms. The molecule has 0 spiro atoms. The lowest BCUT2D eigenvalue weighted by Crippen LogP contribution is -2.15. The average molecular weight is 311 g/mol. The Labute approximate surface area is 126 Å². The molecule has 106 valence electrons. The van der Waals surface area contributed by atoms with Crippen LogP contribution in [-0.4, -0.2) is 18.0 Å². The second kappa shape index (κ2) is 6.83. The summed E-state index contributed by atoms with van der Waals surface area (Å²) in [5.74, 6) is -0.0929. The highest BCUT2D eigenvalue weighted by Crippen LogP contribution is 2.20. The molecule has 1 amide bonds. The van der Waals surface area contributed by atoms with Crippen LogP contribution in [-0.2, 0) is 22.6 Å². The quantitative estimate of drug-likeness (QED) is 0.920. The molecule has 0 radical (unpaired) electrons. The van der Waals surface area contributed by atoms with E-state index < -0.39 is 0 Å². The number of carbonyl (C=O) groups is 1. The Morgan fingerprint density at radius 3 is 3.00 bits per heavy atom. The summed E-state index contributed by atoms with van der Waals surface area (Å²) in [4.78, 5) is 16.3. The number of aromatic nitrogens is 1. The van der Waals surface area contributed by atoms with Gasteiger partial charge in [0.1, 0.15) is 5.01 Å². The van der Waals surface area contributed by atoms with Crippen molar-refractivity contribution in [1.29, 1.82) is 0 Å². The first-order chi connectivity index (χ1) is 9.58. The third kappa shape index (κ3) is 4.03. The van der Waals surface area contributed by atoms with Gasteiger partial charge in [-0.05, 0) is 30.7 Å². The van der Waals surface area contributed by atoms with Gasteiger partial charge in [-0.3, -0.25) is 4.79 Å². The summed E-state index contributed by atoms with van der Waals surface area (Å²) in [5, 5.41) is 6.27. The van der Waals surface area contributed by atoms with Crippen molar-refractivity contribution >= 4 is 34.5 Å². The second-order valence-electron chi connectivity index (χ2n) is 4.35. The molecule has 0 aliphatic carbocycles. The number of ether oxygens (including phenoxy) is 1. The standard InChI is InChI=1S/C14H15ClN2O2S/c1-9-5-10(15)3-4-12(9)17-13(18)6-11-8-20-14(16-11)7-19-2/h3-5,8H,6-7H2,1-2H3,(H,17,18). The minimum Gasteiger partial charge on any atom is -0.378 e. The Hall–Kier alpha value is -1.43. The van der Waals surface area contributed by atoms with Crippen LogP contribution in [0.3, 0.4) is 0 Å². The first-order valence-corrected chi connectivity index (χ1v) is 7.32. The number of halogens is 1. The molecular weight excluding hydrogens is 296 g/mol. The van der Waals surface area contributed by atoms with E-state index in [2.05, 4.69) is 10.3 Å². The zero-order valence-electron chi connectivity index (χ0n) is 11.3. The van der Waals surface area contributed by atoms with Crippen LogP contribution >= 0.6 is 22.9 Å². The van der Waals surface area contributed by atoms with Gasteiger partial charge >= 0.3 is 0 Å². The van der Waals surface area contributed by atoms with E-state index in [4.69, 9.17) is 16.3 Å². The highest BCUT2D eigenvalue weighted by atomic mass is 35.5. The molecule has 0 aliphatic heterocycles. The van der Waals surface area contributed by atoms with Gasteiger partial charge in [0, 0.05) is 23.2 Å². The number of thiazole rings is 1. The van der Waals surface area contributed by atoms with Crippen molar-refractivity contribution in [1.82, 2.24) is 4.98 Å². The van der Waals surface area contributed by atoms with Crippen LogP contribution in [0.5, 0.6) is 0 Å². The van der Waals surface area contributed by atoms with Crippen LogP contribution in [0.1, 0.15) is 16.3 Å². The number of rotatable bonds is 5. The lowest BCUT2D eigenvalue weighted by atomic mass is 10.2. The van der Waals surface area contributed by atoms with E-state index in [0.717, 1.165) is 22.0 Å². The molecule has 0 fully saturated rings. The van der Waals surface area contributed by atoms with E-state index in [0.29, 0.717) is 11.6 Å². The molecule has 1 N–H and O–H groups in total. The first-order valence-electron chi connectivity index (χ1n) is 6.06. The van der Waals surface area contributed by atoms with Crippen molar-refractivity contribution in [3.8, 4) is 0 Å². The van der Waals surface area contributed by atoms with Gasteiger partial charge in [0.2, 0.25) is 5.91 Å². The Bertz CT molecular complexity index is 613. The predicted molar refractivity (Wildman–Crippen MR) is 81.3 cm³/mol. The van der Waals surface area contributed by atoms with Gasteiger partial charge < -0.3 is 10.1 Å². The SMILES string of the molecule is COCc1nc(CC(=O)Nc2ccc(Cl)cc2C)cs1. The van der Waals surface area contributed by atoms with Gasteiger partial charge in [-0.15, -0.1) is 11.3 Å². The highest BCUT2D eigenvalue weighted by molar-refractivity contribution is 7.09. The molecule has 1 aromatic carbocycles. The third-order valence-corrected chi connectivity index (χ3v) is 3.78. The second-order valence-corrected chi connectivity index (χ2v) is 5.73. The zero-order valence-corrected chi connectivity index (χ0v) is 12.8. The molecule has 0 bridgehead atoms. The Morgan fingerprint density at radius 1 is 1.50 bits per heavy atom. The van der Waals surface area contributed by atoms with Gasteiger partial charge in [-0.1, -0.05) is 11.6 Å². The Kier molecular flexibility index (Phi) is 5.11. The van der Waals surface area contributed by atoms with Crippen molar-refractivity contribution < 1.29 is 9.53 Å². The molecule has 1 heterocycles. The van der Waals surface area contributed by atoms with E-state index in [9.17, 15) is 4.79 Å². The van der Waals surface area contributed by atoms with Crippen molar-refractivity contribution in [2.24, 2.45) is 0 Å². The maximum absolute atomic E-state index is 12.0. The molecule has 0 aliphatic rings. The van der Waals surface area contributed by atoms with Crippen LogP contribution in [0.2, 0.25) is 5.02 Å². The fourth-order valence-electron chi connectivity index (χ4n) is 1.75. The Morgan fingerprint density at radius 2 is 2.30 bits per heavy atom. The van der Waals surface area contributed by atoms with Gasteiger partial charge in [0.05, 0.1) is 18.7 Å². The number of hydrogen-bond donors (Lipinski definition) is 1. The van der Waals surface area contributed by atoms with Crippen molar-refractivity contribution in [2.75, 3.05) is 12.4 Å². The molecular formula is C14H15ClN2O2S. The lowest BCUT2D eigenvalue weighted by Gasteiger charge is -2.07. The van der Waals surface area contributed by atoms with Crippen molar-refractivity contribution in [2.45, 2.75) is 20.0 Å². The monoisotopic (exact) mass is 310 g/mol. The fourth-order valence-corrected chi connectivity index (χ4v) is 2.74. The first kappa shape index (κ1) is 15.0. The molecule has 1 aromatic heterocycles. The van der Waals surface area contributed by atoms with Crippen LogP contribution in [0.4, 0.5) is 5.69 Å². The van der Waals surface area contributed by atoms with Crippen LogP contribution in [0.15, 0.2) is 23.6 Å². The van der Waals surface area contributed by atoms with E-state index in [1.165, 1.54) is 11.3 Å². The number of carbonyl (C=O) groups excluding carboxylic acids is 1. The number of nitrogens with zero attached hydrogens (tertiary/aromatic N) is 1. The Balaban J connectivity index is 1.97. The number of methoxy groups -OCH3 is 1. The topological polar surface area (TPSA) is 51.2 Å². The largest absolute Gasteiger partial charge is 0.378 e. The minimum atomic E-state index is -0.0929. The van der Waals surface area contributed by atoms with Gasteiger partial charge in [-0.25, -0.2) is 4.98 Å². The van der Waals surface area contributed by atoms with Crippen molar-refractivity contribution in [3.05, 3.63) is 44.9 Å². The van der Waals surface area contributed by atoms with E-state index in [-0.39, 0.29) is 12.3 Å². The van der Waals surface area contributed by atoms with Gasteiger partial charge in [0.25, 0.3) is 0 Å². The van der Waals surface area contributed by atoms with E-state index in [1.807, 2.05) is 18.4 Å². The summed E-state index contributed by atoms with van der Waals surface area (Å²) >= 11 is 7.38. The van der Waals surface area contributed by atoms with Gasteiger partial charge in [-0.2, -0.15) is 0 Å². The van der Waals surface area contributed by atoms with Crippen LogP contribution < -0.4 is 5.32 Å². The molecule has 2 aromatic rings. The number of hydrogen-bond acceptors (Lipinski definition) is 4. The molecule has 0 unspecified atom stereocenters. The molecule has 0 atom stereocenters. The third-order valence-electron chi connectivity index (χ3n) is 2.67. The number of aryl methyl sites for hydroxylation is 1. The molecule has 0 saturated carbocycles. The minimum absolute atomic E-state index is 0.0929. The van der Waals surface area contributed by atoms with Crippen LogP contribution in [0, 0.1) is 6.92 Å². The molecule has 20 heavy (non-hydrogen) atoms. The molecule has 2 rings (SSSR count). The predicted octanol–water partition coefficient (Wildman–Crippen LogP) is 3.43. The maximum Gasteiger partial charge on any atom is 0.230 e. The molecule has 0 saturated heterocycles. The van der Waals surface area contributed by atoms with Gasteiger partial charge in [0.15, 0.2) is 0 Å². The summed E-state index contributed by atoms with van der Waals surface area (Å²) in [5.41, 5.74) is 2.46. The summed E-state index contributed by atoms with van der Waals surface area (Å²) in [6.07, 6.45) is 0.252. The zero-order chi connectivity index (χ0) is 14.5. The maximum atomic E-state index is 12.0. The highest BCUT2D eigenvalue weighted by Gasteiger charge is 2.09. The fraction of sp³-hybridized carbons (Fsp3) is 0.286. The average Bonchev–Trinajstić information content (AvgIpc) is 2.81. The van der Waals surface area contributed by atoms with E-state index >= 15 is 0 Å². The number of nitrogens with one attached hydrogen (secondary N) is 1. The number of amides is 1. The summed E-state index contributed by atoms with van der Waals surface area (Å²) in [7, 11) is 1.62. The van der Waals surface area contributed by atoms with E-state index in [1.54, 1.807) is 19.2 Å². The summed E-state index contributed by atoms with van der Waals surface area (Å²) in [6, 6.07) is 5.37. The number of benzene rings is 1. The smallest absolute Gasteiger partial charge is 0.230 e. The lowest BCUT2D eigenvalue weighted by molar-refractivity contribution is -0.115. The van der Waals surface area contributed by atoms with Crippen LogP contribution in [0.25, 0.3) is 0 Å².